The molecule has 32 heavy (non-hydrogen) atoms. The van der Waals surface area contributed by atoms with Gasteiger partial charge in [-0.15, -0.1) is 11.8 Å². The largest absolute Gasteiger partial charge is 0.486 e. The molecule has 0 aliphatic carbocycles. The fourth-order valence-corrected chi connectivity index (χ4v) is 5.99. The highest BCUT2D eigenvalue weighted by Gasteiger charge is 2.53. The second kappa shape index (κ2) is 8.54. The van der Waals surface area contributed by atoms with Crippen LogP contribution in [0, 0.1) is 0 Å². The van der Waals surface area contributed by atoms with E-state index >= 15 is 0 Å². The van der Waals surface area contributed by atoms with Gasteiger partial charge in [0.2, 0.25) is 5.91 Å². The molecule has 2 unspecified atom stereocenters. The summed E-state index contributed by atoms with van der Waals surface area (Å²) in [7, 11) is 0. The first-order valence-corrected chi connectivity index (χ1v) is 11.9. The zero-order valence-corrected chi connectivity index (χ0v) is 18.8. The summed E-state index contributed by atoms with van der Waals surface area (Å²) in [4.78, 5) is 29.7. The summed E-state index contributed by atoms with van der Waals surface area (Å²) in [6.07, 6.45) is 5.29. The van der Waals surface area contributed by atoms with Crippen molar-refractivity contribution in [1.82, 2.24) is 4.90 Å². The van der Waals surface area contributed by atoms with E-state index in [-0.39, 0.29) is 16.7 Å². The number of thioether (sulfide) groups is 1. The van der Waals surface area contributed by atoms with Crippen LogP contribution in [0.5, 0.6) is 11.5 Å². The Kier molecular flexibility index (Phi) is 5.59. The van der Waals surface area contributed by atoms with E-state index in [1.54, 1.807) is 16.7 Å². The van der Waals surface area contributed by atoms with Crippen LogP contribution in [0.3, 0.4) is 0 Å². The number of benzene rings is 2. The van der Waals surface area contributed by atoms with Crippen molar-refractivity contribution in [1.29, 1.82) is 0 Å². The molecule has 2 amide bonds. The molecule has 2 aromatic rings. The zero-order valence-electron chi connectivity index (χ0n) is 18.0. The highest BCUT2D eigenvalue weighted by Crippen LogP contribution is 2.48. The third-order valence-electron chi connectivity index (χ3n) is 6.23. The van der Waals surface area contributed by atoms with Gasteiger partial charge in [-0.1, -0.05) is 42.5 Å². The predicted molar refractivity (Wildman–Crippen MR) is 126 cm³/mol. The molecule has 166 valence electrons. The van der Waals surface area contributed by atoms with Crippen LogP contribution in [0.4, 0.5) is 5.69 Å². The minimum absolute atomic E-state index is 0.0640. The Labute approximate surface area is 192 Å². The Morgan fingerprint density at radius 3 is 2.78 bits per heavy atom. The van der Waals surface area contributed by atoms with Gasteiger partial charge in [0.1, 0.15) is 19.3 Å². The van der Waals surface area contributed by atoms with Crippen LogP contribution in [-0.2, 0) is 9.59 Å². The van der Waals surface area contributed by atoms with Gasteiger partial charge in [0, 0.05) is 30.5 Å². The minimum Gasteiger partial charge on any atom is -0.486 e. The molecule has 0 N–H and O–H groups in total. The fourth-order valence-electron chi connectivity index (χ4n) is 4.56. The van der Waals surface area contributed by atoms with E-state index in [0.29, 0.717) is 43.4 Å². The van der Waals surface area contributed by atoms with E-state index in [9.17, 15) is 9.59 Å². The van der Waals surface area contributed by atoms with Gasteiger partial charge < -0.3 is 19.3 Å². The molecular weight excluding hydrogens is 424 g/mol. The fraction of sp³-hybridized carbons (Fsp3) is 0.360. The number of carbonyl (C=O) groups excluding carboxylic acids is 2. The van der Waals surface area contributed by atoms with Gasteiger partial charge in [-0.3, -0.25) is 9.59 Å². The van der Waals surface area contributed by atoms with E-state index in [0.717, 1.165) is 17.7 Å². The van der Waals surface area contributed by atoms with Gasteiger partial charge in [-0.25, -0.2) is 0 Å². The smallest absolute Gasteiger partial charge is 0.250 e. The summed E-state index contributed by atoms with van der Waals surface area (Å²) in [6, 6.07) is 15.1. The Balaban J connectivity index is 1.44. The van der Waals surface area contributed by atoms with Crippen molar-refractivity contribution in [3.8, 4) is 11.5 Å². The molecule has 0 bridgehead atoms. The van der Waals surface area contributed by atoms with Crippen molar-refractivity contribution in [2.45, 2.75) is 30.7 Å². The molecule has 3 heterocycles. The molecule has 3 aliphatic rings. The van der Waals surface area contributed by atoms with Crippen molar-refractivity contribution >= 4 is 35.3 Å². The Morgan fingerprint density at radius 1 is 1.19 bits per heavy atom. The van der Waals surface area contributed by atoms with Crippen LogP contribution in [0.1, 0.15) is 25.3 Å². The molecule has 5 rings (SSSR count). The monoisotopic (exact) mass is 450 g/mol. The number of rotatable bonds is 5. The maximum atomic E-state index is 13.8. The summed E-state index contributed by atoms with van der Waals surface area (Å²) in [5.41, 5.74) is 1.81. The van der Waals surface area contributed by atoms with Gasteiger partial charge in [0.05, 0.1) is 4.87 Å². The molecular formula is C25H26N2O4S. The highest BCUT2D eigenvalue weighted by molar-refractivity contribution is 8.01. The third kappa shape index (κ3) is 3.86. The number of amides is 2. The second-order valence-electron chi connectivity index (χ2n) is 8.36. The van der Waals surface area contributed by atoms with Crippen LogP contribution in [0.15, 0.2) is 54.6 Å². The SMILES string of the molecule is CC12CCC(=O)N1C(C(=O)N(C/C=C/c1ccccc1)c1ccc3c(c1)OCCO3)CS2. The van der Waals surface area contributed by atoms with E-state index in [1.165, 1.54) is 0 Å². The number of fused-ring (bicyclic) bond motifs is 2. The van der Waals surface area contributed by atoms with Crippen LogP contribution in [0.25, 0.3) is 6.08 Å². The van der Waals surface area contributed by atoms with E-state index < -0.39 is 6.04 Å². The predicted octanol–water partition coefficient (Wildman–Crippen LogP) is 3.96. The molecule has 6 nitrogen and oxygen atoms in total. The maximum Gasteiger partial charge on any atom is 0.250 e. The van der Waals surface area contributed by atoms with E-state index in [1.807, 2.05) is 65.6 Å². The molecule has 0 spiro atoms. The van der Waals surface area contributed by atoms with Crippen LogP contribution < -0.4 is 14.4 Å². The molecule has 2 fully saturated rings. The lowest BCUT2D eigenvalue weighted by molar-refractivity contribution is -0.136. The first-order valence-electron chi connectivity index (χ1n) is 10.9. The Bertz CT molecular complexity index is 1060. The third-order valence-corrected chi connectivity index (χ3v) is 7.74. The molecule has 2 saturated heterocycles. The van der Waals surface area contributed by atoms with E-state index in [4.69, 9.17) is 9.47 Å². The number of hydrogen-bond donors (Lipinski definition) is 0. The summed E-state index contributed by atoms with van der Waals surface area (Å²) >= 11 is 1.71. The average molecular weight is 451 g/mol. The van der Waals surface area contributed by atoms with Gasteiger partial charge in [-0.05, 0) is 31.0 Å². The van der Waals surface area contributed by atoms with Crippen LogP contribution in [0.2, 0.25) is 0 Å². The van der Waals surface area contributed by atoms with Crippen molar-refractivity contribution in [3.63, 3.8) is 0 Å². The van der Waals surface area contributed by atoms with E-state index in [2.05, 4.69) is 6.92 Å². The normalized spacial score (nSPS) is 24.1. The quantitative estimate of drug-likeness (QED) is 0.690. The lowest BCUT2D eigenvalue weighted by Crippen LogP contribution is -2.51. The van der Waals surface area contributed by atoms with Crippen LogP contribution in [-0.4, -0.2) is 53.1 Å². The van der Waals surface area contributed by atoms with Crippen molar-refractivity contribution < 1.29 is 19.1 Å². The Morgan fingerprint density at radius 2 is 1.97 bits per heavy atom. The van der Waals surface area contributed by atoms with Gasteiger partial charge in [0.25, 0.3) is 5.91 Å². The molecule has 0 saturated carbocycles. The zero-order chi connectivity index (χ0) is 22.1. The molecule has 3 aliphatic heterocycles. The number of anilines is 1. The first-order chi connectivity index (χ1) is 15.5. The van der Waals surface area contributed by atoms with Gasteiger partial charge in [0.15, 0.2) is 11.5 Å². The summed E-state index contributed by atoms with van der Waals surface area (Å²) in [5.74, 6) is 1.95. The van der Waals surface area contributed by atoms with Crippen LogP contribution >= 0.6 is 11.8 Å². The molecule has 7 heteroatoms. The topological polar surface area (TPSA) is 59.1 Å². The molecule has 0 radical (unpaired) electrons. The Hall–Kier alpha value is -2.93. The lowest BCUT2D eigenvalue weighted by atomic mass is 10.1. The minimum atomic E-state index is -0.460. The van der Waals surface area contributed by atoms with Gasteiger partial charge >= 0.3 is 0 Å². The van der Waals surface area contributed by atoms with Gasteiger partial charge in [-0.2, -0.15) is 0 Å². The number of carbonyl (C=O) groups is 2. The molecule has 2 atom stereocenters. The van der Waals surface area contributed by atoms with Crippen molar-refractivity contribution in [3.05, 3.63) is 60.2 Å². The molecule has 0 aromatic heterocycles. The number of nitrogens with zero attached hydrogens (tertiary/aromatic N) is 2. The van der Waals surface area contributed by atoms with Crippen molar-refractivity contribution in [2.24, 2.45) is 0 Å². The summed E-state index contributed by atoms with van der Waals surface area (Å²) in [6.45, 7) is 3.47. The highest BCUT2D eigenvalue weighted by atomic mass is 32.2. The first kappa shape index (κ1) is 20.9. The standard InChI is InChI=1S/C25H26N2O4S/c1-25-12-11-23(28)27(25)20(17-32-25)24(29)26(13-5-8-18-6-3-2-4-7-18)19-9-10-21-22(16-19)31-15-14-30-21/h2-10,16,20H,11-15,17H2,1H3/b8-5+. The summed E-state index contributed by atoms with van der Waals surface area (Å²) < 4.78 is 11.4. The number of hydrogen-bond acceptors (Lipinski definition) is 5. The maximum absolute atomic E-state index is 13.8. The average Bonchev–Trinajstić information content (AvgIpc) is 3.32. The lowest BCUT2D eigenvalue weighted by Gasteiger charge is -2.33. The molecule has 2 aromatic carbocycles. The van der Waals surface area contributed by atoms with Crippen molar-refractivity contribution in [2.75, 3.05) is 30.4 Å². The number of ether oxygens (including phenoxy) is 2. The summed E-state index contributed by atoms with van der Waals surface area (Å²) in [5, 5.41) is 0. The second-order valence-corrected chi connectivity index (χ2v) is 9.86.